The first kappa shape index (κ1) is 12.0. The quantitative estimate of drug-likeness (QED) is 0.626. The minimum Gasteiger partial charge on any atom is -0.361 e. The Balaban J connectivity index is 1.95. The van der Waals surface area contributed by atoms with E-state index in [1.165, 1.54) is 6.42 Å². The summed E-state index contributed by atoms with van der Waals surface area (Å²) >= 11 is 0. The van der Waals surface area contributed by atoms with Gasteiger partial charge >= 0.3 is 6.18 Å². The van der Waals surface area contributed by atoms with Gasteiger partial charge in [-0.25, -0.2) is 0 Å². The molecule has 92 valence electrons. The zero-order valence-corrected chi connectivity index (χ0v) is 9.17. The molecule has 16 heavy (non-hydrogen) atoms. The van der Waals surface area contributed by atoms with Crippen molar-refractivity contribution in [1.82, 2.24) is 0 Å². The van der Waals surface area contributed by atoms with Crippen LogP contribution in [0.2, 0.25) is 0 Å². The predicted molar refractivity (Wildman–Crippen MR) is 55.0 cm³/mol. The van der Waals surface area contributed by atoms with Crippen LogP contribution in [-0.2, 0) is 4.74 Å². The van der Waals surface area contributed by atoms with Gasteiger partial charge in [-0.3, -0.25) is 0 Å². The van der Waals surface area contributed by atoms with Crippen LogP contribution in [0.3, 0.4) is 0 Å². The Hall–Kier alpha value is -0.510. The average molecular weight is 234 g/mol. The molecule has 0 amide bonds. The summed E-state index contributed by atoms with van der Waals surface area (Å²) < 4.78 is 42.7. The van der Waals surface area contributed by atoms with E-state index >= 15 is 0 Å². The summed E-state index contributed by atoms with van der Waals surface area (Å²) in [4.78, 5) is 0. The minimum atomic E-state index is -4.26. The van der Waals surface area contributed by atoms with E-state index < -0.39 is 12.3 Å². The molecule has 1 heterocycles. The molecule has 2 rings (SSSR count). The number of halogens is 3. The van der Waals surface area contributed by atoms with E-state index in [2.05, 4.69) is 0 Å². The number of alkyl halides is 3. The second kappa shape index (κ2) is 4.78. The van der Waals surface area contributed by atoms with Crippen LogP contribution in [0.15, 0.2) is 12.2 Å². The molecule has 4 heteroatoms. The lowest BCUT2D eigenvalue weighted by molar-refractivity contribution is -0.225. The molecular weight excluding hydrogens is 217 g/mol. The third-order valence-electron chi connectivity index (χ3n) is 3.50. The van der Waals surface area contributed by atoms with Gasteiger partial charge in [0.15, 0.2) is 6.10 Å². The lowest BCUT2D eigenvalue weighted by atomic mass is 9.83. The number of ether oxygens (including phenoxy) is 1. The van der Waals surface area contributed by atoms with Crippen LogP contribution in [0.1, 0.15) is 38.5 Å². The molecule has 0 aromatic heterocycles. The monoisotopic (exact) mass is 234 g/mol. The topological polar surface area (TPSA) is 9.23 Å². The van der Waals surface area contributed by atoms with Gasteiger partial charge < -0.3 is 4.74 Å². The zero-order chi connectivity index (χ0) is 11.6. The summed E-state index contributed by atoms with van der Waals surface area (Å²) in [5.41, 5.74) is 0. The Morgan fingerprint density at radius 2 is 1.75 bits per heavy atom. The van der Waals surface area contributed by atoms with Crippen molar-refractivity contribution in [2.75, 3.05) is 0 Å². The van der Waals surface area contributed by atoms with Gasteiger partial charge in [-0.05, 0) is 25.2 Å². The molecule has 0 unspecified atom stereocenters. The lowest BCUT2D eigenvalue weighted by Crippen LogP contribution is -2.39. The number of hydrogen-bond acceptors (Lipinski definition) is 1. The molecule has 0 aromatic rings. The normalized spacial score (nSPS) is 32.9. The standard InChI is InChI=1S/C12H17F3O/c13-12(14,15)11-8-4-7-10(16-11)9-5-2-1-3-6-9/h4,8-11H,1-3,5-7H2/t10-,11+/m1/s1. The van der Waals surface area contributed by atoms with E-state index in [9.17, 15) is 13.2 Å². The van der Waals surface area contributed by atoms with Gasteiger partial charge in [0, 0.05) is 0 Å². The molecule has 2 atom stereocenters. The van der Waals surface area contributed by atoms with Gasteiger partial charge in [-0.15, -0.1) is 0 Å². The van der Waals surface area contributed by atoms with Crippen molar-refractivity contribution in [1.29, 1.82) is 0 Å². The van der Waals surface area contributed by atoms with E-state index in [-0.39, 0.29) is 6.10 Å². The maximum absolute atomic E-state index is 12.5. The van der Waals surface area contributed by atoms with Gasteiger partial charge in [0.25, 0.3) is 0 Å². The molecule has 0 radical (unpaired) electrons. The van der Waals surface area contributed by atoms with E-state index in [1.54, 1.807) is 6.08 Å². The second-order valence-electron chi connectivity index (χ2n) is 4.70. The van der Waals surface area contributed by atoms with Crippen molar-refractivity contribution >= 4 is 0 Å². The molecule has 0 spiro atoms. The van der Waals surface area contributed by atoms with E-state index in [0.29, 0.717) is 12.3 Å². The van der Waals surface area contributed by atoms with Crippen LogP contribution in [0.5, 0.6) is 0 Å². The van der Waals surface area contributed by atoms with Gasteiger partial charge in [0.1, 0.15) is 0 Å². The molecule has 1 aliphatic carbocycles. The lowest BCUT2D eigenvalue weighted by Gasteiger charge is -2.34. The fourth-order valence-electron chi connectivity index (χ4n) is 2.62. The number of rotatable bonds is 1. The molecule has 0 aromatic carbocycles. The Labute approximate surface area is 93.7 Å². The molecule has 0 N–H and O–H groups in total. The highest BCUT2D eigenvalue weighted by molar-refractivity contribution is 5.00. The van der Waals surface area contributed by atoms with Crippen LogP contribution < -0.4 is 0 Å². The van der Waals surface area contributed by atoms with Crippen molar-refractivity contribution in [2.45, 2.75) is 56.9 Å². The molecular formula is C12H17F3O. The SMILES string of the molecule is FC(F)(F)[C@@H]1C=CC[C@H](C2CCCCC2)O1. The number of hydrogen-bond donors (Lipinski definition) is 0. The first-order valence-corrected chi connectivity index (χ1v) is 5.96. The molecule has 0 saturated heterocycles. The Kier molecular flexibility index (Phi) is 3.57. The Morgan fingerprint density at radius 3 is 2.38 bits per heavy atom. The average Bonchev–Trinajstić information content (AvgIpc) is 2.29. The molecule has 1 nitrogen and oxygen atoms in total. The summed E-state index contributed by atoms with van der Waals surface area (Å²) in [7, 11) is 0. The van der Waals surface area contributed by atoms with Crippen LogP contribution in [0.4, 0.5) is 13.2 Å². The molecule has 0 bridgehead atoms. The van der Waals surface area contributed by atoms with Crippen molar-refractivity contribution in [3.8, 4) is 0 Å². The highest BCUT2D eigenvalue weighted by Gasteiger charge is 2.42. The fraction of sp³-hybridized carbons (Fsp3) is 0.833. The third-order valence-corrected chi connectivity index (χ3v) is 3.50. The van der Waals surface area contributed by atoms with Crippen molar-refractivity contribution in [2.24, 2.45) is 5.92 Å². The maximum Gasteiger partial charge on any atom is 0.418 e. The molecule has 1 aliphatic heterocycles. The van der Waals surface area contributed by atoms with Crippen LogP contribution in [-0.4, -0.2) is 18.4 Å². The van der Waals surface area contributed by atoms with Crippen molar-refractivity contribution in [3.05, 3.63) is 12.2 Å². The van der Waals surface area contributed by atoms with Crippen molar-refractivity contribution < 1.29 is 17.9 Å². The summed E-state index contributed by atoms with van der Waals surface area (Å²) in [5.74, 6) is 0.323. The summed E-state index contributed by atoms with van der Waals surface area (Å²) in [6, 6.07) is 0. The van der Waals surface area contributed by atoms with Gasteiger partial charge in [-0.1, -0.05) is 31.4 Å². The summed E-state index contributed by atoms with van der Waals surface area (Å²) in [6.45, 7) is 0. The Bertz CT molecular complexity index is 253. The summed E-state index contributed by atoms with van der Waals surface area (Å²) in [6.07, 6.45) is 2.73. The first-order chi connectivity index (χ1) is 7.57. The zero-order valence-electron chi connectivity index (χ0n) is 9.17. The first-order valence-electron chi connectivity index (χ1n) is 5.96. The van der Waals surface area contributed by atoms with Gasteiger partial charge in [0.2, 0.25) is 0 Å². The predicted octanol–water partition coefficient (Wildman–Crippen LogP) is 3.84. The second-order valence-corrected chi connectivity index (χ2v) is 4.70. The van der Waals surface area contributed by atoms with Crippen LogP contribution in [0, 0.1) is 5.92 Å². The Morgan fingerprint density at radius 1 is 1.06 bits per heavy atom. The molecule has 2 aliphatic rings. The van der Waals surface area contributed by atoms with Crippen LogP contribution >= 0.6 is 0 Å². The molecule has 1 fully saturated rings. The highest BCUT2D eigenvalue weighted by Crippen LogP contribution is 2.35. The smallest absolute Gasteiger partial charge is 0.361 e. The van der Waals surface area contributed by atoms with Gasteiger partial charge in [0.05, 0.1) is 6.10 Å². The van der Waals surface area contributed by atoms with E-state index in [4.69, 9.17) is 4.74 Å². The largest absolute Gasteiger partial charge is 0.418 e. The van der Waals surface area contributed by atoms with E-state index in [0.717, 1.165) is 31.8 Å². The fourth-order valence-corrected chi connectivity index (χ4v) is 2.62. The van der Waals surface area contributed by atoms with Crippen molar-refractivity contribution in [3.63, 3.8) is 0 Å². The van der Waals surface area contributed by atoms with Crippen LogP contribution in [0.25, 0.3) is 0 Å². The minimum absolute atomic E-state index is 0.225. The summed E-state index contributed by atoms with van der Waals surface area (Å²) in [5, 5.41) is 0. The highest BCUT2D eigenvalue weighted by atomic mass is 19.4. The third kappa shape index (κ3) is 2.78. The molecule has 1 saturated carbocycles. The van der Waals surface area contributed by atoms with Gasteiger partial charge in [-0.2, -0.15) is 13.2 Å². The van der Waals surface area contributed by atoms with E-state index in [1.807, 2.05) is 0 Å². The maximum atomic E-state index is 12.5.